The Hall–Kier alpha value is 0.134. The molecule has 0 aromatic heterocycles. The molecule has 0 amide bonds. The SMILES string of the molecule is CC(C)=C[SiH2]N[SiH3]. The molecule has 0 aromatic carbocycles. The zero-order valence-corrected chi connectivity index (χ0v) is 8.70. The van der Waals surface area contributed by atoms with Crippen molar-refractivity contribution in [2.24, 2.45) is 0 Å². The first-order valence-electron chi connectivity index (χ1n) is 2.55. The van der Waals surface area contributed by atoms with E-state index in [0.29, 0.717) is 0 Å². The highest BCUT2D eigenvalue weighted by atomic mass is 28.3. The molecule has 0 unspecified atom stereocenters. The zero-order chi connectivity index (χ0) is 5.70. The van der Waals surface area contributed by atoms with Crippen LogP contribution in [0.1, 0.15) is 13.8 Å². The lowest BCUT2D eigenvalue weighted by molar-refractivity contribution is 1.40. The molecule has 0 rings (SSSR count). The van der Waals surface area contributed by atoms with Gasteiger partial charge in [0.15, 0.2) is 0 Å². The number of rotatable bonds is 2. The molecular weight excluding hydrogens is 118 g/mol. The van der Waals surface area contributed by atoms with Crippen LogP contribution < -0.4 is 4.65 Å². The second-order valence-corrected chi connectivity index (χ2v) is 5.48. The van der Waals surface area contributed by atoms with Crippen molar-refractivity contribution in [1.82, 2.24) is 4.65 Å². The van der Waals surface area contributed by atoms with E-state index >= 15 is 0 Å². The Balaban J connectivity index is 3.08. The van der Waals surface area contributed by atoms with Crippen molar-refractivity contribution in [3.05, 3.63) is 11.3 Å². The van der Waals surface area contributed by atoms with Crippen LogP contribution in [0.25, 0.3) is 0 Å². The van der Waals surface area contributed by atoms with Crippen LogP contribution in [0.5, 0.6) is 0 Å². The summed E-state index contributed by atoms with van der Waals surface area (Å²) < 4.78 is 3.30. The summed E-state index contributed by atoms with van der Waals surface area (Å²) in [6.45, 7) is 4.29. The smallest absolute Gasteiger partial charge is 0.109 e. The maximum atomic E-state index is 3.30. The predicted octanol–water partition coefficient (Wildman–Crippen LogP) is -1.14. The van der Waals surface area contributed by atoms with Crippen LogP contribution in [0.15, 0.2) is 11.3 Å². The summed E-state index contributed by atoms with van der Waals surface area (Å²) in [6.07, 6.45) is 0. The van der Waals surface area contributed by atoms with Crippen LogP contribution in [0, 0.1) is 0 Å². The number of hydrogen-bond donors (Lipinski definition) is 1. The van der Waals surface area contributed by atoms with Gasteiger partial charge in [0.25, 0.3) is 0 Å². The van der Waals surface area contributed by atoms with Crippen molar-refractivity contribution in [3.63, 3.8) is 0 Å². The third-order valence-electron chi connectivity index (χ3n) is 0.714. The molecular formula is C4H13NSi2. The summed E-state index contributed by atoms with van der Waals surface area (Å²) >= 11 is 0. The van der Waals surface area contributed by atoms with Crippen LogP contribution >= 0.6 is 0 Å². The van der Waals surface area contributed by atoms with Crippen molar-refractivity contribution in [1.29, 1.82) is 0 Å². The van der Waals surface area contributed by atoms with E-state index in [2.05, 4.69) is 24.2 Å². The number of nitrogens with one attached hydrogen (secondary N) is 1. The first-order valence-corrected chi connectivity index (χ1v) is 5.07. The third kappa shape index (κ3) is 6.13. The van der Waals surface area contributed by atoms with Gasteiger partial charge in [0, 0.05) is 0 Å². The molecule has 0 bridgehead atoms. The Labute approximate surface area is 50.6 Å². The van der Waals surface area contributed by atoms with Crippen LogP contribution in [-0.4, -0.2) is 20.1 Å². The summed E-state index contributed by atoms with van der Waals surface area (Å²) in [6, 6.07) is 0. The minimum absolute atomic E-state index is 0.0239. The minimum atomic E-state index is 0.0239. The summed E-state index contributed by atoms with van der Waals surface area (Å²) in [7, 11) is 1.19. The van der Waals surface area contributed by atoms with Crippen molar-refractivity contribution in [3.8, 4) is 0 Å². The van der Waals surface area contributed by atoms with Gasteiger partial charge in [-0.15, -0.1) is 0 Å². The van der Waals surface area contributed by atoms with Gasteiger partial charge in [-0.05, 0) is 13.8 Å². The Morgan fingerprint density at radius 2 is 2.29 bits per heavy atom. The summed E-state index contributed by atoms with van der Waals surface area (Å²) in [4.78, 5) is 0. The molecule has 0 saturated carbocycles. The molecule has 0 spiro atoms. The van der Waals surface area contributed by atoms with Gasteiger partial charge in [-0.1, -0.05) is 11.3 Å². The van der Waals surface area contributed by atoms with Gasteiger partial charge >= 0.3 is 0 Å². The van der Waals surface area contributed by atoms with Gasteiger partial charge in [0.2, 0.25) is 0 Å². The quantitative estimate of drug-likeness (QED) is 0.467. The fourth-order valence-electron chi connectivity index (χ4n) is 0.306. The molecule has 0 fully saturated rings. The van der Waals surface area contributed by atoms with E-state index in [0.717, 1.165) is 10.4 Å². The van der Waals surface area contributed by atoms with Crippen LogP contribution in [0.2, 0.25) is 0 Å². The molecule has 3 heteroatoms. The third-order valence-corrected chi connectivity index (χ3v) is 3.37. The van der Waals surface area contributed by atoms with E-state index in [1.54, 1.807) is 0 Å². The van der Waals surface area contributed by atoms with E-state index in [1.165, 1.54) is 5.57 Å². The molecule has 1 N–H and O–H groups in total. The second kappa shape index (κ2) is 4.30. The molecule has 7 heavy (non-hydrogen) atoms. The Morgan fingerprint density at radius 3 is 2.43 bits per heavy atom. The highest BCUT2D eigenvalue weighted by Crippen LogP contribution is 1.82. The summed E-state index contributed by atoms with van der Waals surface area (Å²) in [5, 5.41) is 0. The average Bonchev–Trinajstić information content (AvgIpc) is 1.61. The Bertz CT molecular complexity index is 66.1. The van der Waals surface area contributed by atoms with Crippen LogP contribution in [0.4, 0.5) is 0 Å². The van der Waals surface area contributed by atoms with Gasteiger partial charge in [0.05, 0.1) is 10.4 Å². The molecule has 0 heterocycles. The second-order valence-electron chi connectivity index (χ2n) is 1.84. The molecule has 0 radical (unpaired) electrons. The summed E-state index contributed by atoms with van der Waals surface area (Å²) in [5.74, 6) is 0. The van der Waals surface area contributed by atoms with Crippen molar-refractivity contribution in [2.45, 2.75) is 13.8 Å². The highest BCUT2D eigenvalue weighted by Gasteiger charge is 1.72. The van der Waals surface area contributed by atoms with Crippen LogP contribution in [-0.2, 0) is 0 Å². The number of hydrogen-bond acceptors (Lipinski definition) is 1. The topological polar surface area (TPSA) is 12.0 Å². The zero-order valence-electron chi connectivity index (χ0n) is 5.28. The monoisotopic (exact) mass is 131 g/mol. The van der Waals surface area contributed by atoms with E-state index < -0.39 is 0 Å². The average molecular weight is 131 g/mol. The lowest BCUT2D eigenvalue weighted by atomic mass is 10.4. The lowest BCUT2D eigenvalue weighted by Gasteiger charge is -1.87. The Kier molecular flexibility index (Phi) is 4.38. The molecule has 0 saturated heterocycles. The van der Waals surface area contributed by atoms with E-state index in [9.17, 15) is 0 Å². The Morgan fingerprint density at radius 1 is 1.71 bits per heavy atom. The largest absolute Gasteiger partial charge is 0.369 e. The molecule has 42 valence electrons. The van der Waals surface area contributed by atoms with E-state index in [-0.39, 0.29) is 9.68 Å². The maximum absolute atomic E-state index is 3.30. The van der Waals surface area contributed by atoms with E-state index in [1.807, 2.05) is 0 Å². The molecule has 0 aliphatic carbocycles. The van der Waals surface area contributed by atoms with Gasteiger partial charge < -0.3 is 4.65 Å². The minimum Gasteiger partial charge on any atom is -0.369 e. The highest BCUT2D eigenvalue weighted by molar-refractivity contribution is 6.47. The van der Waals surface area contributed by atoms with Gasteiger partial charge in [0.1, 0.15) is 9.68 Å². The standard InChI is InChI=1S/C4H13NSi2/c1-4(2)3-7-5-6/h3,5H,7H2,1-2,6H3. The molecule has 0 aliphatic heterocycles. The molecule has 0 atom stereocenters. The fourth-order valence-corrected chi connectivity index (χ4v) is 1.53. The van der Waals surface area contributed by atoms with Gasteiger partial charge in [-0.25, -0.2) is 0 Å². The van der Waals surface area contributed by atoms with Gasteiger partial charge in [-0.3, -0.25) is 0 Å². The molecule has 0 aromatic rings. The van der Waals surface area contributed by atoms with E-state index in [4.69, 9.17) is 0 Å². The molecule has 0 aliphatic rings. The maximum Gasteiger partial charge on any atom is 0.109 e. The first kappa shape index (κ1) is 7.13. The predicted molar refractivity (Wildman–Crippen MR) is 41.0 cm³/mol. The number of allylic oxidation sites excluding steroid dienone is 1. The lowest BCUT2D eigenvalue weighted by Crippen LogP contribution is -2.11. The normalized spacial score (nSPS) is 10.6. The van der Waals surface area contributed by atoms with Gasteiger partial charge in [-0.2, -0.15) is 0 Å². The fraction of sp³-hybridized carbons (Fsp3) is 0.500. The van der Waals surface area contributed by atoms with Crippen molar-refractivity contribution < 1.29 is 0 Å². The van der Waals surface area contributed by atoms with Crippen molar-refractivity contribution in [2.75, 3.05) is 0 Å². The first-order chi connectivity index (χ1) is 3.27. The molecule has 1 nitrogen and oxygen atoms in total. The van der Waals surface area contributed by atoms with Crippen molar-refractivity contribution >= 4 is 20.1 Å². The summed E-state index contributed by atoms with van der Waals surface area (Å²) in [5.41, 5.74) is 3.78. The van der Waals surface area contributed by atoms with Crippen LogP contribution in [0.3, 0.4) is 0 Å².